The number of ether oxygens (including phenoxy) is 2. The number of sulfonamides is 1. The Morgan fingerprint density at radius 2 is 1.56 bits per heavy atom. The number of carbonyl (C=O) groups excluding carboxylic acids is 1. The maximum absolute atomic E-state index is 13.4. The second-order valence-electron chi connectivity index (χ2n) is 8.78. The van der Waals surface area contributed by atoms with Gasteiger partial charge in [-0.15, -0.1) is 0 Å². The van der Waals surface area contributed by atoms with Crippen molar-refractivity contribution < 1.29 is 22.7 Å². The van der Waals surface area contributed by atoms with Crippen molar-refractivity contribution in [3.8, 4) is 22.6 Å². The first-order valence-electron chi connectivity index (χ1n) is 12.3. The molecule has 8 nitrogen and oxygen atoms in total. The van der Waals surface area contributed by atoms with Crippen molar-refractivity contribution in [2.75, 3.05) is 37.3 Å². The number of methoxy groups -OCH3 is 2. The lowest BCUT2D eigenvalue weighted by Crippen LogP contribution is -2.28. The Labute approximate surface area is 229 Å². The molecule has 0 bridgehead atoms. The Balaban J connectivity index is 1.42. The first-order chi connectivity index (χ1) is 18.8. The minimum Gasteiger partial charge on any atom is -0.497 e. The molecule has 0 saturated carbocycles. The molecule has 9 heteroatoms. The number of aryl methyl sites for hydroxylation is 1. The van der Waals surface area contributed by atoms with Crippen molar-refractivity contribution in [3.63, 3.8) is 0 Å². The quantitative estimate of drug-likeness (QED) is 0.220. The van der Waals surface area contributed by atoms with Gasteiger partial charge in [0.05, 0.1) is 19.9 Å². The maximum atomic E-state index is 13.4. The SMILES string of the molecule is COc1cccc(C(=O)NCCNc2cccc(NS(=O)(=O)c3cc(-c4ccccc4C)ccc3OC)c2)c1. The molecule has 3 N–H and O–H groups in total. The van der Waals surface area contributed by atoms with Crippen LogP contribution in [0.25, 0.3) is 11.1 Å². The number of hydrogen-bond acceptors (Lipinski definition) is 6. The highest BCUT2D eigenvalue weighted by Crippen LogP contribution is 2.32. The molecule has 0 atom stereocenters. The minimum atomic E-state index is -3.96. The molecule has 0 unspecified atom stereocenters. The zero-order chi connectivity index (χ0) is 27.8. The third kappa shape index (κ3) is 6.88. The number of carbonyl (C=O) groups is 1. The predicted molar refractivity (Wildman–Crippen MR) is 154 cm³/mol. The van der Waals surface area contributed by atoms with Gasteiger partial charge >= 0.3 is 0 Å². The van der Waals surface area contributed by atoms with E-state index in [9.17, 15) is 13.2 Å². The summed E-state index contributed by atoms with van der Waals surface area (Å²) < 4.78 is 40.0. The van der Waals surface area contributed by atoms with Crippen LogP contribution in [-0.2, 0) is 10.0 Å². The molecule has 0 aliphatic heterocycles. The van der Waals surface area contributed by atoms with Gasteiger partial charge in [0, 0.05) is 24.3 Å². The van der Waals surface area contributed by atoms with Crippen LogP contribution < -0.4 is 24.8 Å². The molecular formula is C30H31N3O5S. The molecule has 0 saturated heterocycles. The van der Waals surface area contributed by atoms with Crippen molar-refractivity contribution in [2.24, 2.45) is 0 Å². The smallest absolute Gasteiger partial charge is 0.265 e. The molecule has 1 amide bonds. The van der Waals surface area contributed by atoms with Gasteiger partial charge in [-0.2, -0.15) is 0 Å². The summed E-state index contributed by atoms with van der Waals surface area (Å²) in [6.07, 6.45) is 0. The molecule has 0 aliphatic carbocycles. The molecule has 4 aromatic rings. The fourth-order valence-electron chi connectivity index (χ4n) is 4.10. The van der Waals surface area contributed by atoms with Gasteiger partial charge in [0.15, 0.2) is 0 Å². The number of rotatable bonds is 11. The highest BCUT2D eigenvalue weighted by atomic mass is 32.2. The number of nitrogens with one attached hydrogen (secondary N) is 3. The number of anilines is 2. The van der Waals surface area contributed by atoms with Crippen molar-refractivity contribution in [3.05, 3.63) is 102 Å². The third-order valence-electron chi connectivity index (χ3n) is 6.10. The highest BCUT2D eigenvalue weighted by Gasteiger charge is 2.21. The van der Waals surface area contributed by atoms with E-state index >= 15 is 0 Å². The van der Waals surface area contributed by atoms with Gasteiger partial charge in [0.1, 0.15) is 16.4 Å². The average molecular weight is 546 g/mol. The second kappa shape index (κ2) is 12.4. The van der Waals surface area contributed by atoms with E-state index in [4.69, 9.17) is 9.47 Å². The first-order valence-corrected chi connectivity index (χ1v) is 13.8. The maximum Gasteiger partial charge on any atom is 0.265 e. The molecule has 202 valence electrons. The third-order valence-corrected chi connectivity index (χ3v) is 7.50. The van der Waals surface area contributed by atoms with Crippen LogP contribution in [0.5, 0.6) is 11.5 Å². The van der Waals surface area contributed by atoms with Gasteiger partial charge in [-0.3, -0.25) is 9.52 Å². The molecule has 0 fully saturated rings. The molecule has 39 heavy (non-hydrogen) atoms. The Bertz CT molecular complexity index is 1570. The van der Waals surface area contributed by atoms with Crippen molar-refractivity contribution in [1.29, 1.82) is 0 Å². The van der Waals surface area contributed by atoms with Crippen molar-refractivity contribution in [2.45, 2.75) is 11.8 Å². The van der Waals surface area contributed by atoms with Gasteiger partial charge in [-0.25, -0.2) is 8.42 Å². The summed E-state index contributed by atoms with van der Waals surface area (Å²) in [6.45, 7) is 2.79. The van der Waals surface area contributed by atoms with E-state index in [-0.39, 0.29) is 16.6 Å². The van der Waals surface area contributed by atoms with Crippen LogP contribution in [0.3, 0.4) is 0 Å². The first kappa shape index (κ1) is 27.5. The summed E-state index contributed by atoms with van der Waals surface area (Å²) in [4.78, 5) is 12.4. The zero-order valence-corrected chi connectivity index (χ0v) is 22.8. The van der Waals surface area contributed by atoms with Gasteiger partial charge < -0.3 is 20.1 Å². The average Bonchev–Trinajstić information content (AvgIpc) is 2.95. The normalized spacial score (nSPS) is 10.9. The van der Waals surface area contributed by atoms with E-state index in [2.05, 4.69) is 15.4 Å². The standard InChI is InChI=1S/C30H31N3O5S/c1-21-8-4-5-13-27(21)22-14-15-28(38-3)29(19-22)39(35,36)33-25-11-7-10-24(20-25)31-16-17-32-30(34)23-9-6-12-26(18-23)37-2/h4-15,18-20,31,33H,16-17H2,1-3H3,(H,32,34). The Kier molecular flexibility index (Phi) is 8.73. The molecule has 4 aromatic carbocycles. The van der Waals surface area contributed by atoms with Crippen LogP contribution in [0.4, 0.5) is 11.4 Å². The van der Waals surface area contributed by atoms with Crippen LogP contribution in [-0.4, -0.2) is 41.6 Å². The Morgan fingerprint density at radius 1 is 0.795 bits per heavy atom. The number of amides is 1. The summed E-state index contributed by atoms with van der Waals surface area (Å²) in [5, 5.41) is 6.05. The summed E-state index contributed by atoms with van der Waals surface area (Å²) in [5.41, 5.74) is 4.36. The van der Waals surface area contributed by atoms with Crippen LogP contribution in [0, 0.1) is 6.92 Å². The Hall–Kier alpha value is -4.50. The van der Waals surface area contributed by atoms with E-state index in [0.717, 1.165) is 16.7 Å². The minimum absolute atomic E-state index is 0.0457. The van der Waals surface area contributed by atoms with Crippen molar-refractivity contribution in [1.82, 2.24) is 5.32 Å². The van der Waals surface area contributed by atoms with E-state index in [1.807, 2.05) is 43.3 Å². The lowest BCUT2D eigenvalue weighted by atomic mass is 10.0. The lowest BCUT2D eigenvalue weighted by molar-refractivity contribution is 0.0955. The molecular weight excluding hydrogens is 514 g/mol. The van der Waals surface area contributed by atoms with E-state index in [1.54, 1.807) is 61.7 Å². The van der Waals surface area contributed by atoms with E-state index in [0.29, 0.717) is 35.8 Å². The fraction of sp³-hybridized carbons (Fsp3) is 0.167. The monoisotopic (exact) mass is 545 g/mol. The van der Waals surface area contributed by atoms with Crippen LogP contribution >= 0.6 is 0 Å². The van der Waals surface area contributed by atoms with Crippen LogP contribution in [0.1, 0.15) is 15.9 Å². The zero-order valence-electron chi connectivity index (χ0n) is 22.0. The number of benzene rings is 4. The molecule has 0 aromatic heterocycles. The molecule has 0 aliphatic rings. The Morgan fingerprint density at radius 3 is 2.33 bits per heavy atom. The van der Waals surface area contributed by atoms with Gasteiger partial charge in [-0.05, 0) is 72.1 Å². The van der Waals surface area contributed by atoms with E-state index in [1.165, 1.54) is 7.11 Å². The summed E-state index contributed by atoms with van der Waals surface area (Å²) >= 11 is 0. The number of hydrogen-bond donors (Lipinski definition) is 3. The van der Waals surface area contributed by atoms with Crippen LogP contribution in [0.15, 0.2) is 95.9 Å². The molecule has 4 rings (SSSR count). The largest absolute Gasteiger partial charge is 0.497 e. The second-order valence-corrected chi connectivity index (χ2v) is 10.4. The summed E-state index contributed by atoms with van der Waals surface area (Å²) in [7, 11) is -0.965. The predicted octanol–water partition coefficient (Wildman–Crippen LogP) is 5.32. The van der Waals surface area contributed by atoms with Gasteiger partial charge in [0.2, 0.25) is 0 Å². The van der Waals surface area contributed by atoms with Gasteiger partial charge in [0.25, 0.3) is 15.9 Å². The lowest BCUT2D eigenvalue weighted by Gasteiger charge is -2.15. The summed E-state index contributed by atoms with van der Waals surface area (Å²) in [5.74, 6) is 0.652. The molecule has 0 heterocycles. The van der Waals surface area contributed by atoms with Crippen LogP contribution in [0.2, 0.25) is 0 Å². The molecule has 0 spiro atoms. The fourth-order valence-corrected chi connectivity index (χ4v) is 5.35. The van der Waals surface area contributed by atoms with Crippen molar-refractivity contribution >= 4 is 27.3 Å². The van der Waals surface area contributed by atoms with E-state index < -0.39 is 10.0 Å². The molecule has 0 radical (unpaired) electrons. The topological polar surface area (TPSA) is 106 Å². The summed E-state index contributed by atoms with van der Waals surface area (Å²) in [6, 6.07) is 26.8. The van der Waals surface area contributed by atoms with Gasteiger partial charge in [-0.1, -0.05) is 42.5 Å². The highest BCUT2D eigenvalue weighted by molar-refractivity contribution is 7.92.